The van der Waals surface area contributed by atoms with E-state index < -0.39 is 4.92 Å². The number of nitro groups is 1. The molecule has 0 N–H and O–H groups in total. The van der Waals surface area contributed by atoms with E-state index in [1.807, 2.05) is 6.07 Å². The maximum absolute atomic E-state index is 12.2. The fourth-order valence-corrected chi connectivity index (χ4v) is 2.57. The van der Waals surface area contributed by atoms with Gasteiger partial charge in [-0.1, -0.05) is 40.2 Å². The van der Waals surface area contributed by atoms with Crippen LogP contribution in [0.4, 0.5) is 11.4 Å². The molecule has 0 atom stereocenters. The van der Waals surface area contributed by atoms with Crippen LogP contribution in [0.2, 0.25) is 0 Å². The van der Waals surface area contributed by atoms with Crippen molar-refractivity contribution in [3.63, 3.8) is 0 Å². The second kappa shape index (κ2) is 7.19. The molecule has 0 bridgehead atoms. The number of benzene rings is 2. The summed E-state index contributed by atoms with van der Waals surface area (Å²) in [6.07, 6.45) is 2.99. The lowest BCUT2D eigenvalue weighted by Crippen LogP contribution is -2.11. The summed E-state index contributed by atoms with van der Waals surface area (Å²) in [6, 6.07) is 12.0. The smallest absolute Gasteiger partial charge is 0.293 e. The Morgan fingerprint density at radius 3 is 2.52 bits per heavy atom. The van der Waals surface area contributed by atoms with Crippen LogP contribution in [0, 0.1) is 10.1 Å². The van der Waals surface area contributed by atoms with Crippen LogP contribution in [0.5, 0.6) is 0 Å². The van der Waals surface area contributed by atoms with Gasteiger partial charge in [-0.3, -0.25) is 14.9 Å². The Morgan fingerprint density at radius 2 is 1.91 bits per heavy atom. The topological polar surface area (TPSA) is 63.5 Å². The molecule has 0 fully saturated rings. The zero-order valence-electron chi connectivity index (χ0n) is 12.7. The number of halogens is 1. The highest BCUT2D eigenvalue weighted by Gasteiger charge is 2.15. The van der Waals surface area contributed by atoms with E-state index in [9.17, 15) is 14.9 Å². The lowest BCUT2D eigenvalue weighted by atomic mass is 10.1. The minimum absolute atomic E-state index is 0.00508. The van der Waals surface area contributed by atoms with E-state index in [0.29, 0.717) is 21.3 Å². The Labute approximate surface area is 142 Å². The maximum Gasteiger partial charge on any atom is 0.293 e. The second-order valence-corrected chi connectivity index (χ2v) is 5.93. The third kappa shape index (κ3) is 4.04. The van der Waals surface area contributed by atoms with Crippen molar-refractivity contribution >= 4 is 39.2 Å². The van der Waals surface area contributed by atoms with Gasteiger partial charge in [-0.05, 0) is 29.8 Å². The minimum atomic E-state index is -0.428. The predicted octanol–water partition coefficient (Wildman–Crippen LogP) is 4.32. The first-order chi connectivity index (χ1) is 10.9. The van der Waals surface area contributed by atoms with Crippen LogP contribution in [0.15, 0.2) is 53.0 Å². The molecule has 6 heteroatoms. The molecule has 2 aromatic carbocycles. The predicted molar refractivity (Wildman–Crippen MR) is 94.9 cm³/mol. The monoisotopic (exact) mass is 374 g/mol. The highest BCUT2D eigenvalue weighted by atomic mass is 79.9. The normalized spacial score (nSPS) is 10.7. The Bertz CT molecular complexity index is 785. The highest BCUT2D eigenvalue weighted by Crippen LogP contribution is 2.28. The number of allylic oxidation sites excluding steroid dienone is 1. The highest BCUT2D eigenvalue weighted by molar-refractivity contribution is 9.10. The van der Waals surface area contributed by atoms with Gasteiger partial charge in [0.05, 0.1) is 4.92 Å². The number of carbonyl (C=O) groups excluding carboxylic acids is 1. The lowest BCUT2D eigenvalue weighted by Gasteiger charge is -2.12. The summed E-state index contributed by atoms with van der Waals surface area (Å²) in [5, 5.41) is 11.2. The van der Waals surface area contributed by atoms with Gasteiger partial charge in [-0.15, -0.1) is 0 Å². The van der Waals surface area contributed by atoms with Crippen molar-refractivity contribution in [2.24, 2.45) is 0 Å². The van der Waals surface area contributed by atoms with Crippen molar-refractivity contribution in [3.8, 4) is 0 Å². The van der Waals surface area contributed by atoms with Crippen molar-refractivity contribution < 1.29 is 9.72 Å². The summed E-state index contributed by atoms with van der Waals surface area (Å²) in [5.74, 6) is -0.170. The molecule has 0 radical (unpaired) electrons. The summed E-state index contributed by atoms with van der Waals surface area (Å²) < 4.78 is 0.712. The molecular weight excluding hydrogens is 360 g/mol. The first-order valence-corrected chi connectivity index (χ1v) is 7.62. The lowest BCUT2D eigenvalue weighted by molar-refractivity contribution is -0.384. The number of rotatable bonds is 5. The van der Waals surface area contributed by atoms with Gasteiger partial charge in [0.2, 0.25) is 0 Å². The minimum Gasteiger partial charge on any atom is -0.372 e. The standard InChI is InChI=1S/C17H15BrN2O3/c1-19(2)15-9-7-12(11-16(15)20(22)23)8-10-17(21)13-5-3-4-6-14(13)18/h3-11H,1-2H3/b10-8+. The van der Waals surface area contributed by atoms with Crippen molar-refractivity contribution in [1.29, 1.82) is 0 Å². The Balaban J connectivity index is 2.30. The molecule has 0 saturated heterocycles. The molecule has 2 aromatic rings. The number of ketones is 1. The Morgan fingerprint density at radius 1 is 1.22 bits per heavy atom. The zero-order chi connectivity index (χ0) is 17.0. The van der Waals surface area contributed by atoms with Crippen molar-refractivity contribution in [1.82, 2.24) is 0 Å². The third-order valence-corrected chi connectivity index (χ3v) is 3.94. The van der Waals surface area contributed by atoms with Gasteiger partial charge in [0.25, 0.3) is 5.69 Å². The maximum atomic E-state index is 12.2. The van der Waals surface area contributed by atoms with Gasteiger partial charge < -0.3 is 4.90 Å². The molecule has 0 aliphatic carbocycles. The molecule has 0 amide bonds. The molecule has 0 spiro atoms. The van der Waals surface area contributed by atoms with Gasteiger partial charge in [-0.2, -0.15) is 0 Å². The van der Waals surface area contributed by atoms with Gasteiger partial charge in [0, 0.05) is 30.2 Å². The van der Waals surface area contributed by atoms with Crippen LogP contribution >= 0.6 is 15.9 Å². The SMILES string of the molecule is CN(C)c1ccc(/C=C/C(=O)c2ccccc2Br)cc1[N+](=O)[O-]. The molecule has 0 heterocycles. The molecule has 0 aromatic heterocycles. The Hall–Kier alpha value is -2.47. The number of hydrogen-bond donors (Lipinski definition) is 0. The number of carbonyl (C=O) groups is 1. The van der Waals surface area contributed by atoms with Crippen molar-refractivity contribution in [2.45, 2.75) is 0 Å². The van der Waals surface area contributed by atoms with Gasteiger partial charge in [0.15, 0.2) is 5.78 Å². The summed E-state index contributed by atoms with van der Waals surface area (Å²) in [7, 11) is 3.49. The third-order valence-electron chi connectivity index (χ3n) is 3.24. The molecule has 0 unspecified atom stereocenters. The molecule has 5 nitrogen and oxygen atoms in total. The average molecular weight is 375 g/mol. The summed E-state index contributed by atoms with van der Waals surface area (Å²) in [5.41, 5.74) is 1.67. The molecule has 0 saturated carbocycles. The van der Waals surface area contributed by atoms with E-state index >= 15 is 0 Å². The Kier molecular flexibility index (Phi) is 5.28. The first-order valence-electron chi connectivity index (χ1n) is 6.83. The van der Waals surface area contributed by atoms with Gasteiger partial charge in [-0.25, -0.2) is 0 Å². The molecular formula is C17H15BrN2O3. The zero-order valence-corrected chi connectivity index (χ0v) is 14.3. The fourth-order valence-electron chi connectivity index (χ4n) is 2.09. The number of hydrogen-bond acceptors (Lipinski definition) is 4. The van der Waals surface area contributed by atoms with Crippen molar-refractivity contribution in [2.75, 3.05) is 19.0 Å². The van der Waals surface area contributed by atoms with E-state index in [-0.39, 0.29) is 11.5 Å². The van der Waals surface area contributed by atoms with Crippen LogP contribution in [0.25, 0.3) is 6.08 Å². The molecule has 0 aliphatic heterocycles. The van der Waals surface area contributed by atoms with Gasteiger partial charge in [0.1, 0.15) is 5.69 Å². The van der Waals surface area contributed by atoms with E-state index in [0.717, 1.165) is 0 Å². The number of nitro benzene ring substituents is 1. The van der Waals surface area contributed by atoms with Crippen LogP contribution in [-0.2, 0) is 0 Å². The molecule has 0 aliphatic rings. The van der Waals surface area contributed by atoms with E-state index in [2.05, 4.69) is 15.9 Å². The van der Waals surface area contributed by atoms with Crippen LogP contribution in [-0.4, -0.2) is 24.8 Å². The van der Waals surface area contributed by atoms with Crippen LogP contribution < -0.4 is 4.90 Å². The summed E-state index contributed by atoms with van der Waals surface area (Å²) in [6.45, 7) is 0. The van der Waals surface area contributed by atoms with E-state index in [1.54, 1.807) is 55.4 Å². The summed E-state index contributed by atoms with van der Waals surface area (Å²) >= 11 is 3.33. The first kappa shape index (κ1) is 16.9. The largest absolute Gasteiger partial charge is 0.372 e. The van der Waals surface area contributed by atoms with E-state index in [4.69, 9.17) is 0 Å². The van der Waals surface area contributed by atoms with E-state index in [1.165, 1.54) is 12.1 Å². The quantitative estimate of drug-likeness (QED) is 0.338. The molecule has 2 rings (SSSR count). The molecule has 23 heavy (non-hydrogen) atoms. The summed E-state index contributed by atoms with van der Waals surface area (Å²) in [4.78, 5) is 24.6. The second-order valence-electron chi connectivity index (χ2n) is 5.08. The molecule has 118 valence electrons. The van der Waals surface area contributed by atoms with Crippen LogP contribution in [0.1, 0.15) is 15.9 Å². The van der Waals surface area contributed by atoms with Crippen LogP contribution in [0.3, 0.4) is 0 Å². The fraction of sp³-hybridized carbons (Fsp3) is 0.118. The number of anilines is 1. The van der Waals surface area contributed by atoms with Gasteiger partial charge >= 0.3 is 0 Å². The number of nitrogens with zero attached hydrogens (tertiary/aromatic N) is 2. The average Bonchev–Trinajstić information content (AvgIpc) is 2.52. The van der Waals surface area contributed by atoms with Crippen molar-refractivity contribution in [3.05, 3.63) is 74.3 Å².